The topological polar surface area (TPSA) is 138 Å². The van der Waals surface area contributed by atoms with Crippen LogP contribution < -0.4 is 0 Å². The van der Waals surface area contributed by atoms with E-state index in [0.29, 0.717) is 67.4 Å². The highest BCUT2D eigenvalue weighted by molar-refractivity contribution is 7.94. The van der Waals surface area contributed by atoms with Crippen LogP contribution >= 0.6 is 0 Å². The SMILES string of the molecule is Cn1nc(-c2noc(Cc3ccc(C#N)cc3)n2)c2c1C(O)N(CC1(S(=O)(=O)C3CC3)CC1)CC2. The summed E-state index contributed by atoms with van der Waals surface area (Å²) < 4.78 is 32.3. The molecule has 0 bridgehead atoms. The van der Waals surface area contributed by atoms with Gasteiger partial charge in [-0.3, -0.25) is 9.58 Å². The molecule has 0 spiro atoms. The lowest BCUT2D eigenvalue weighted by Gasteiger charge is -2.35. The molecular weight excluding hydrogens is 468 g/mol. The first-order valence-corrected chi connectivity index (χ1v) is 13.4. The predicted octanol–water partition coefficient (Wildman–Crippen LogP) is 1.89. The fraction of sp³-hybridized carbons (Fsp3) is 0.500. The van der Waals surface area contributed by atoms with Crippen LogP contribution in [-0.2, 0) is 29.7 Å². The van der Waals surface area contributed by atoms with Gasteiger partial charge < -0.3 is 9.63 Å². The number of aliphatic hydroxyl groups is 1. The molecule has 0 amide bonds. The lowest BCUT2D eigenvalue weighted by molar-refractivity contribution is -0.0134. The minimum Gasteiger partial charge on any atom is -0.372 e. The molecular formula is C24H26N6O4S. The Balaban J connectivity index is 1.22. The smallest absolute Gasteiger partial charge is 0.231 e. The molecule has 1 N–H and O–H groups in total. The van der Waals surface area contributed by atoms with Crippen LogP contribution in [0.5, 0.6) is 0 Å². The summed E-state index contributed by atoms with van der Waals surface area (Å²) in [6.07, 6.45) is 2.96. The summed E-state index contributed by atoms with van der Waals surface area (Å²) in [5.41, 5.74) is 3.61. The number of aryl methyl sites for hydroxylation is 1. The lowest BCUT2D eigenvalue weighted by atomic mass is 10.0. The predicted molar refractivity (Wildman–Crippen MR) is 125 cm³/mol. The maximum atomic E-state index is 13.0. The minimum absolute atomic E-state index is 0.192. The fourth-order valence-corrected chi connectivity index (χ4v) is 7.60. The van der Waals surface area contributed by atoms with Gasteiger partial charge in [0, 0.05) is 25.7 Å². The quantitative estimate of drug-likeness (QED) is 0.522. The highest BCUT2D eigenvalue weighted by atomic mass is 32.2. The van der Waals surface area contributed by atoms with Gasteiger partial charge in [-0.05, 0) is 49.8 Å². The number of fused-ring (bicyclic) bond motifs is 1. The average Bonchev–Trinajstić information content (AvgIpc) is 3.77. The van der Waals surface area contributed by atoms with E-state index < -0.39 is 20.8 Å². The molecule has 1 unspecified atom stereocenters. The van der Waals surface area contributed by atoms with Crippen molar-refractivity contribution in [2.75, 3.05) is 13.1 Å². The Kier molecular flexibility index (Phi) is 5.11. The van der Waals surface area contributed by atoms with Gasteiger partial charge in [0.1, 0.15) is 5.69 Å². The Bertz CT molecular complexity index is 1430. The zero-order chi connectivity index (χ0) is 24.4. The largest absolute Gasteiger partial charge is 0.372 e. The molecule has 2 aromatic heterocycles. The van der Waals surface area contributed by atoms with Crippen LogP contribution in [0.1, 0.15) is 60.2 Å². The van der Waals surface area contributed by atoms with E-state index in [1.54, 1.807) is 23.9 Å². The third-order valence-electron chi connectivity index (χ3n) is 7.42. The Labute approximate surface area is 203 Å². The molecule has 182 valence electrons. The van der Waals surface area contributed by atoms with E-state index >= 15 is 0 Å². The number of nitriles is 1. The summed E-state index contributed by atoms with van der Waals surface area (Å²) in [6, 6.07) is 9.30. The maximum Gasteiger partial charge on any atom is 0.231 e. The third-order valence-corrected chi connectivity index (χ3v) is 10.5. The highest BCUT2D eigenvalue weighted by Crippen LogP contribution is 2.51. The maximum absolute atomic E-state index is 13.0. The van der Waals surface area contributed by atoms with E-state index in [1.165, 1.54) is 0 Å². The Hall–Kier alpha value is -3.07. The molecule has 35 heavy (non-hydrogen) atoms. The monoisotopic (exact) mass is 494 g/mol. The number of hydrogen-bond acceptors (Lipinski definition) is 9. The minimum atomic E-state index is -3.15. The van der Waals surface area contributed by atoms with Crippen molar-refractivity contribution >= 4 is 9.84 Å². The third kappa shape index (κ3) is 3.76. The summed E-state index contributed by atoms with van der Waals surface area (Å²) in [4.78, 5) is 6.39. The number of nitrogens with zero attached hydrogens (tertiary/aromatic N) is 6. The van der Waals surface area contributed by atoms with Crippen LogP contribution in [0.15, 0.2) is 28.8 Å². The molecule has 10 nitrogen and oxygen atoms in total. The second-order valence-electron chi connectivity index (χ2n) is 9.85. The highest BCUT2D eigenvalue weighted by Gasteiger charge is 2.60. The van der Waals surface area contributed by atoms with Gasteiger partial charge in [0.05, 0.1) is 33.7 Å². The van der Waals surface area contributed by atoms with Gasteiger partial charge in [-0.15, -0.1) is 0 Å². The first-order chi connectivity index (χ1) is 16.8. The van der Waals surface area contributed by atoms with Gasteiger partial charge >= 0.3 is 0 Å². The van der Waals surface area contributed by atoms with Crippen LogP contribution in [0.2, 0.25) is 0 Å². The van der Waals surface area contributed by atoms with Crippen molar-refractivity contribution in [3.8, 4) is 17.6 Å². The fourth-order valence-electron chi connectivity index (χ4n) is 5.11. The first-order valence-electron chi connectivity index (χ1n) is 11.8. The van der Waals surface area contributed by atoms with Crippen LogP contribution in [-0.4, -0.2) is 61.4 Å². The van der Waals surface area contributed by atoms with E-state index in [9.17, 15) is 13.5 Å². The number of rotatable bonds is 7. The number of aliphatic hydroxyl groups excluding tert-OH is 1. The molecule has 2 aliphatic carbocycles. The van der Waals surface area contributed by atoms with Crippen LogP contribution in [0.3, 0.4) is 0 Å². The molecule has 0 radical (unpaired) electrons. The summed E-state index contributed by atoms with van der Waals surface area (Å²) >= 11 is 0. The molecule has 2 saturated carbocycles. The molecule has 3 aromatic rings. The van der Waals surface area contributed by atoms with Gasteiger partial charge in [0.2, 0.25) is 11.7 Å². The molecule has 2 fully saturated rings. The number of sulfone groups is 1. The summed E-state index contributed by atoms with van der Waals surface area (Å²) in [5, 5.41) is 28.7. The van der Waals surface area contributed by atoms with Crippen LogP contribution in [0.4, 0.5) is 0 Å². The van der Waals surface area contributed by atoms with E-state index in [1.807, 2.05) is 17.0 Å². The molecule has 1 aromatic carbocycles. The Morgan fingerprint density at radius 2 is 2.00 bits per heavy atom. The second-order valence-corrected chi connectivity index (χ2v) is 12.5. The van der Waals surface area contributed by atoms with Gasteiger partial charge in [-0.1, -0.05) is 17.3 Å². The zero-order valence-corrected chi connectivity index (χ0v) is 20.2. The molecule has 1 aliphatic heterocycles. The first kappa shape index (κ1) is 22.4. The van der Waals surface area contributed by atoms with Crippen molar-refractivity contribution in [3.63, 3.8) is 0 Å². The zero-order valence-electron chi connectivity index (χ0n) is 19.4. The number of hydrogen-bond donors (Lipinski definition) is 1. The number of benzene rings is 1. The van der Waals surface area contributed by atoms with Crippen molar-refractivity contribution < 1.29 is 18.0 Å². The van der Waals surface area contributed by atoms with Crippen molar-refractivity contribution in [2.45, 2.75) is 54.7 Å². The number of aromatic nitrogens is 4. The van der Waals surface area contributed by atoms with Crippen LogP contribution in [0, 0.1) is 11.3 Å². The molecule has 3 aliphatic rings. The van der Waals surface area contributed by atoms with E-state index in [4.69, 9.17) is 9.78 Å². The molecule has 1 atom stereocenters. The summed E-state index contributed by atoms with van der Waals surface area (Å²) in [5.74, 6) is 0.796. The van der Waals surface area contributed by atoms with Crippen molar-refractivity contribution in [3.05, 3.63) is 52.5 Å². The standard InChI is InChI=1S/C24H26N6O4S/c1-29-21-18(8-11-30(23(21)31)14-24(9-10-24)35(32,33)17-6-7-17)20(27-29)22-26-19(34-28-22)12-15-2-4-16(13-25)5-3-15/h2-5,17,23,31H,6-12,14H2,1H3. The molecule has 3 heterocycles. The lowest BCUT2D eigenvalue weighted by Crippen LogP contribution is -2.45. The van der Waals surface area contributed by atoms with Gasteiger partial charge in [0.15, 0.2) is 16.1 Å². The Morgan fingerprint density at radius 3 is 2.66 bits per heavy atom. The van der Waals surface area contributed by atoms with Crippen molar-refractivity contribution in [1.29, 1.82) is 5.26 Å². The summed E-state index contributed by atoms with van der Waals surface area (Å²) in [7, 11) is -1.39. The molecule has 11 heteroatoms. The molecule has 6 rings (SSSR count). The second kappa shape index (κ2) is 7.98. The van der Waals surface area contributed by atoms with Crippen molar-refractivity contribution in [2.24, 2.45) is 7.05 Å². The van der Waals surface area contributed by atoms with Gasteiger partial charge in [0.25, 0.3) is 0 Å². The Morgan fingerprint density at radius 1 is 1.26 bits per heavy atom. The van der Waals surface area contributed by atoms with E-state index in [2.05, 4.69) is 21.3 Å². The van der Waals surface area contributed by atoms with Gasteiger partial charge in [-0.25, -0.2) is 8.42 Å². The van der Waals surface area contributed by atoms with Gasteiger partial charge in [-0.2, -0.15) is 15.3 Å². The summed E-state index contributed by atoms with van der Waals surface area (Å²) in [6.45, 7) is 0.884. The van der Waals surface area contributed by atoms with E-state index in [-0.39, 0.29) is 5.25 Å². The van der Waals surface area contributed by atoms with Crippen molar-refractivity contribution in [1.82, 2.24) is 24.8 Å². The normalized spacial score (nSPS) is 21.5. The van der Waals surface area contributed by atoms with E-state index in [0.717, 1.165) is 24.0 Å². The molecule has 0 saturated heterocycles. The van der Waals surface area contributed by atoms with Crippen LogP contribution in [0.25, 0.3) is 11.5 Å². The average molecular weight is 495 g/mol.